The Bertz CT molecular complexity index is 972. The van der Waals surface area contributed by atoms with Crippen LogP contribution in [0.4, 0.5) is 5.69 Å². The van der Waals surface area contributed by atoms with Gasteiger partial charge in [-0.25, -0.2) is 0 Å². The molecule has 0 aliphatic carbocycles. The number of ether oxygens (including phenoxy) is 3. The molecular weight excluding hydrogens is 398 g/mol. The van der Waals surface area contributed by atoms with Gasteiger partial charge in [-0.15, -0.1) is 0 Å². The topological polar surface area (TPSA) is 89.1 Å². The minimum atomic E-state index is -0.680. The van der Waals surface area contributed by atoms with E-state index in [-0.39, 0.29) is 12.8 Å². The van der Waals surface area contributed by atoms with E-state index in [1.54, 1.807) is 0 Å². The molecule has 8 nitrogen and oxygen atoms in total. The lowest BCUT2D eigenvalue weighted by Gasteiger charge is -2.35. The highest BCUT2D eigenvalue weighted by molar-refractivity contribution is 6.39. The molecule has 2 aromatic rings. The van der Waals surface area contributed by atoms with Crippen LogP contribution in [0.25, 0.3) is 0 Å². The van der Waals surface area contributed by atoms with Crippen molar-refractivity contribution in [3.8, 4) is 11.5 Å². The van der Waals surface area contributed by atoms with E-state index in [1.807, 2.05) is 50.2 Å². The zero-order chi connectivity index (χ0) is 21.8. The van der Waals surface area contributed by atoms with Crippen molar-refractivity contribution in [2.45, 2.75) is 19.9 Å². The molecule has 31 heavy (non-hydrogen) atoms. The highest BCUT2D eigenvalue weighted by Crippen LogP contribution is 2.35. The number of amides is 2. The van der Waals surface area contributed by atoms with Gasteiger partial charge in [-0.3, -0.25) is 14.5 Å². The van der Waals surface area contributed by atoms with Gasteiger partial charge in [-0.05, 0) is 48.7 Å². The summed E-state index contributed by atoms with van der Waals surface area (Å²) in [6, 6.07) is 11.4. The number of benzene rings is 2. The molecule has 0 saturated carbocycles. The van der Waals surface area contributed by atoms with Crippen molar-refractivity contribution in [1.29, 1.82) is 0 Å². The molecule has 2 aliphatic rings. The number of carbonyl (C=O) groups excluding carboxylic acids is 2. The van der Waals surface area contributed by atoms with Gasteiger partial charge in [-0.1, -0.05) is 18.2 Å². The van der Waals surface area contributed by atoms with Crippen molar-refractivity contribution in [1.82, 2.24) is 10.2 Å². The second kappa shape index (κ2) is 9.36. The summed E-state index contributed by atoms with van der Waals surface area (Å²) in [7, 11) is 0. The van der Waals surface area contributed by atoms with Crippen LogP contribution < -0.4 is 20.1 Å². The quantitative estimate of drug-likeness (QED) is 0.714. The molecule has 0 unspecified atom stereocenters. The third-order valence-electron chi connectivity index (χ3n) is 5.57. The molecule has 2 N–H and O–H groups in total. The van der Waals surface area contributed by atoms with Crippen LogP contribution in [0.3, 0.4) is 0 Å². The average molecular weight is 425 g/mol. The monoisotopic (exact) mass is 425 g/mol. The van der Waals surface area contributed by atoms with E-state index in [0.29, 0.717) is 36.9 Å². The average Bonchev–Trinajstić information content (AvgIpc) is 3.25. The second-order valence-electron chi connectivity index (χ2n) is 7.76. The Kier molecular flexibility index (Phi) is 6.39. The van der Waals surface area contributed by atoms with Crippen LogP contribution >= 0.6 is 0 Å². The molecule has 1 fully saturated rings. The fraction of sp³-hybridized carbons (Fsp3) is 0.391. The maximum atomic E-state index is 12.5. The van der Waals surface area contributed by atoms with E-state index < -0.39 is 11.8 Å². The molecule has 1 saturated heterocycles. The summed E-state index contributed by atoms with van der Waals surface area (Å²) in [6.45, 7) is 7.06. The van der Waals surface area contributed by atoms with Crippen LogP contribution in [-0.2, 0) is 14.3 Å². The summed E-state index contributed by atoms with van der Waals surface area (Å²) >= 11 is 0. The fourth-order valence-corrected chi connectivity index (χ4v) is 3.79. The summed E-state index contributed by atoms with van der Waals surface area (Å²) in [6.07, 6.45) is 0. The van der Waals surface area contributed by atoms with Crippen LogP contribution in [0.5, 0.6) is 11.5 Å². The molecule has 0 spiro atoms. The minimum absolute atomic E-state index is 0.115. The molecule has 1 atom stereocenters. The minimum Gasteiger partial charge on any atom is -0.454 e. The van der Waals surface area contributed by atoms with Crippen molar-refractivity contribution < 1.29 is 23.8 Å². The maximum absolute atomic E-state index is 12.5. The number of carbonyl (C=O) groups is 2. The Hall–Kier alpha value is -3.10. The Labute approximate surface area is 181 Å². The Morgan fingerprint density at radius 3 is 2.58 bits per heavy atom. The molecule has 2 aliphatic heterocycles. The Balaban J connectivity index is 1.44. The fourth-order valence-electron chi connectivity index (χ4n) is 3.79. The van der Waals surface area contributed by atoms with Gasteiger partial charge >= 0.3 is 11.8 Å². The van der Waals surface area contributed by atoms with Gasteiger partial charge in [0.2, 0.25) is 6.79 Å². The normalized spacial score (nSPS) is 16.6. The summed E-state index contributed by atoms with van der Waals surface area (Å²) in [4.78, 5) is 27.2. The molecule has 0 aromatic heterocycles. The molecular formula is C23H27N3O5. The predicted molar refractivity (Wildman–Crippen MR) is 115 cm³/mol. The van der Waals surface area contributed by atoms with Gasteiger partial charge in [0.05, 0.1) is 19.3 Å². The van der Waals surface area contributed by atoms with E-state index in [4.69, 9.17) is 14.2 Å². The number of hydrogen-bond donors (Lipinski definition) is 2. The van der Waals surface area contributed by atoms with E-state index in [9.17, 15) is 9.59 Å². The van der Waals surface area contributed by atoms with Crippen LogP contribution in [0.1, 0.15) is 22.7 Å². The molecule has 2 amide bonds. The summed E-state index contributed by atoms with van der Waals surface area (Å²) in [5.41, 5.74) is 3.54. The summed E-state index contributed by atoms with van der Waals surface area (Å²) in [5, 5.41) is 5.50. The van der Waals surface area contributed by atoms with Crippen LogP contribution in [0.15, 0.2) is 36.4 Å². The molecule has 0 bridgehead atoms. The van der Waals surface area contributed by atoms with Crippen LogP contribution in [0.2, 0.25) is 0 Å². The molecule has 2 aromatic carbocycles. The van der Waals surface area contributed by atoms with Crippen molar-refractivity contribution in [3.63, 3.8) is 0 Å². The SMILES string of the molecule is Cc1ccc(C)c(NC(=O)C(=O)NC[C@@H](c2ccc3c(c2)OCO3)N2CCOCC2)c1. The van der Waals surface area contributed by atoms with E-state index in [1.165, 1.54) is 0 Å². The molecule has 4 rings (SSSR count). The lowest BCUT2D eigenvalue weighted by molar-refractivity contribution is -0.136. The number of hydrogen-bond acceptors (Lipinski definition) is 6. The maximum Gasteiger partial charge on any atom is 0.313 e. The van der Waals surface area contributed by atoms with Crippen LogP contribution in [-0.4, -0.2) is 56.4 Å². The zero-order valence-electron chi connectivity index (χ0n) is 17.8. The van der Waals surface area contributed by atoms with Crippen molar-refractivity contribution in [2.75, 3.05) is 45.0 Å². The van der Waals surface area contributed by atoms with Crippen molar-refractivity contribution in [2.24, 2.45) is 0 Å². The molecule has 164 valence electrons. The number of nitrogens with zero attached hydrogens (tertiary/aromatic N) is 1. The smallest absolute Gasteiger partial charge is 0.313 e. The van der Waals surface area contributed by atoms with Crippen LogP contribution in [0, 0.1) is 13.8 Å². The van der Waals surface area contributed by atoms with Gasteiger partial charge < -0.3 is 24.8 Å². The van der Waals surface area contributed by atoms with Gasteiger partial charge in [0.15, 0.2) is 11.5 Å². The molecule has 2 heterocycles. The first-order chi connectivity index (χ1) is 15.0. The highest BCUT2D eigenvalue weighted by Gasteiger charge is 2.26. The molecule has 8 heteroatoms. The van der Waals surface area contributed by atoms with Crippen molar-refractivity contribution >= 4 is 17.5 Å². The Morgan fingerprint density at radius 2 is 1.77 bits per heavy atom. The van der Waals surface area contributed by atoms with Gasteiger partial charge in [0.25, 0.3) is 0 Å². The first kappa shape index (κ1) is 21.1. The first-order valence-corrected chi connectivity index (χ1v) is 10.4. The number of fused-ring (bicyclic) bond motifs is 1. The summed E-state index contributed by atoms with van der Waals surface area (Å²) in [5.74, 6) is 0.0520. The third kappa shape index (κ3) is 4.98. The van der Waals surface area contributed by atoms with E-state index in [0.717, 1.165) is 29.8 Å². The van der Waals surface area contributed by atoms with Gasteiger partial charge in [0, 0.05) is 25.3 Å². The number of anilines is 1. The second-order valence-corrected chi connectivity index (χ2v) is 7.76. The largest absolute Gasteiger partial charge is 0.454 e. The number of morpholine rings is 1. The Morgan fingerprint density at radius 1 is 1.00 bits per heavy atom. The zero-order valence-corrected chi connectivity index (χ0v) is 17.8. The lowest BCUT2D eigenvalue weighted by atomic mass is 10.0. The lowest BCUT2D eigenvalue weighted by Crippen LogP contribution is -2.45. The van der Waals surface area contributed by atoms with Gasteiger partial charge in [0.1, 0.15) is 0 Å². The van der Waals surface area contributed by atoms with Gasteiger partial charge in [-0.2, -0.15) is 0 Å². The third-order valence-corrected chi connectivity index (χ3v) is 5.57. The number of rotatable bonds is 5. The predicted octanol–water partition coefficient (Wildman–Crippen LogP) is 2.16. The number of nitrogens with one attached hydrogen (secondary N) is 2. The van der Waals surface area contributed by atoms with E-state index >= 15 is 0 Å². The van der Waals surface area contributed by atoms with Crippen molar-refractivity contribution in [3.05, 3.63) is 53.1 Å². The first-order valence-electron chi connectivity index (χ1n) is 10.4. The highest BCUT2D eigenvalue weighted by atomic mass is 16.7. The summed E-state index contributed by atoms with van der Waals surface area (Å²) < 4.78 is 16.4. The standard InChI is InChI=1S/C23H27N3O5/c1-15-3-4-16(2)18(11-15)25-23(28)22(27)24-13-19(26-7-9-29-10-8-26)17-5-6-20-21(12-17)31-14-30-20/h3-6,11-12,19H,7-10,13-14H2,1-2H3,(H,24,27)(H,25,28)/t19-/m0/s1. The molecule has 0 radical (unpaired) electrons. The number of aryl methyl sites for hydroxylation is 2. The van der Waals surface area contributed by atoms with E-state index in [2.05, 4.69) is 15.5 Å².